The van der Waals surface area contributed by atoms with Gasteiger partial charge >= 0.3 is 0 Å². The molecule has 2 bridgehead atoms. The molecule has 4 N–H and O–H groups in total. The number of carbonyl (C=O) groups excluding carboxylic acids is 1. The Morgan fingerprint density at radius 3 is 2.85 bits per heavy atom. The first-order valence-electron chi connectivity index (χ1n) is 8.54. The summed E-state index contributed by atoms with van der Waals surface area (Å²) < 4.78 is 19.7. The lowest BCUT2D eigenvalue weighted by Crippen LogP contribution is -2.34. The topological polar surface area (TPSA) is 112 Å². The van der Waals surface area contributed by atoms with E-state index in [1.807, 2.05) is 6.92 Å². The van der Waals surface area contributed by atoms with Gasteiger partial charge in [-0.3, -0.25) is 14.7 Å². The molecule has 8 nitrogen and oxygen atoms in total. The molecule has 2 atom stereocenters. The van der Waals surface area contributed by atoms with Crippen molar-refractivity contribution < 1.29 is 13.9 Å². The largest absolute Gasteiger partial charge is 0.489 e. The highest BCUT2D eigenvalue weighted by Gasteiger charge is 2.21. The number of hydrogen-bond acceptors (Lipinski definition) is 5. The average molecular weight is 371 g/mol. The number of anilines is 1. The first-order valence-corrected chi connectivity index (χ1v) is 8.54. The number of ether oxygens (including phenoxy) is 1. The van der Waals surface area contributed by atoms with E-state index in [2.05, 4.69) is 25.8 Å². The van der Waals surface area contributed by atoms with Crippen LogP contribution in [0.4, 0.5) is 10.2 Å². The molecule has 1 aromatic carbocycles. The van der Waals surface area contributed by atoms with Gasteiger partial charge in [-0.2, -0.15) is 5.10 Å². The summed E-state index contributed by atoms with van der Waals surface area (Å²) >= 11 is 0. The van der Waals surface area contributed by atoms with E-state index >= 15 is 0 Å². The first-order chi connectivity index (χ1) is 12.9. The molecule has 140 valence electrons. The minimum absolute atomic E-state index is 0.143. The third kappa shape index (κ3) is 3.12. The molecule has 0 saturated heterocycles. The van der Waals surface area contributed by atoms with Crippen LogP contribution in [0.5, 0.6) is 5.75 Å². The Morgan fingerprint density at radius 1 is 1.22 bits per heavy atom. The van der Waals surface area contributed by atoms with Crippen LogP contribution in [-0.2, 0) is 0 Å². The van der Waals surface area contributed by atoms with Crippen molar-refractivity contribution in [1.29, 1.82) is 0 Å². The van der Waals surface area contributed by atoms with Crippen molar-refractivity contribution in [3.8, 4) is 5.75 Å². The van der Waals surface area contributed by atoms with Gasteiger partial charge in [-0.1, -0.05) is 0 Å². The summed E-state index contributed by atoms with van der Waals surface area (Å²) in [5.74, 6) is 0.0867. The number of nitrogens with one attached hydrogen (secondary N) is 4. The molecule has 3 aromatic rings. The molecule has 9 heteroatoms. The van der Waals surface area contributed by atoms with Crippen molar-refractivity contribution >= 4 is 22.8 Å². The van der Waals surface area contributed by atoms with Crippen molar-refractivity contribution in [2.45, 2.75) is 26.0 Å². The Kier molecular flexibility index (Phi) is 4.06. The fourth-order valence-corrected chi connectivity index (χ4v) is 3.11. The number of benzene rings is 1. The van der Waals surface area contributed by atoms with Gasteiger partial charge in [0.2, 0.25) is 5.43 Å². The van der Waals surface area contributed by atoms with Crippen molar-refractivity contribution in [2.75, 3.05) is 11.9 Å². The Hall–Kier alpha value is -3.36. The molecule has 0 saturated carbocycles. The van der Waals surface area contributed by atoms with Crippen LogP contribution in [0.2, 0.25) is 0 Å². The smallest absolute Gasteiger partial charge is 0.271 e. The van der Waals surface area contributed by atoms with E-state index in [0.717, 1.165) is 0 Å². The summed E-state index contributed by atoms with van der Waals surface area (Å²) in [5, 5.41) is 12.4. The predicted octanol–water partition coefficient (Wildman–Crippen LogP) is 2.07. The normalized spacial score (nSPS) is 19.9. The SMILES string of the molecule is C[C@H]1CNC(=O)c2[nH]nc3c(=O)cc([nH]c23)N[C@H](C)c2cc(F)ccc2O1. The van der Waals surface area contributed by atoms with Crippen molar-refractivity contribution in [3.05, 3.63) is 51.6 Å². The summed E-state index contributed by atoms with van der Waals surface area (Å²) in [6.07, 6.45) is -0.355. The third-order valence-electron chi connectivity index (χ3n) is 4.45. The van der Waals surface area contributed by atoms with Gasteiger partial charge in [0.05, 0.1) is 12.6 Å². The van der Waals surface area contributed by atoms with Gasteiger partial charge in [0, 0.05) is 11.6 Å². The zero-order valence-corrected chi connectivity index (χ0v) is 14.7. The number of fused-ring (bicyclic) bond motifs is 2. The third-order valence-corrected chi connectivity index (χ3v) is 4.45. The lowest BCUT2D eigenvalue weighted by Gasteiger charge is -2.22. The Morgan fingerprint density at radius 2 is 2.04 bits per heavy atom. The number of halogens is 1. The number of nitrogens with zero attached hydrogens (tertiary/aromatic N) is 1. The van der Waals surface area contributed by atoms with E-state index < -0.39 is 11.7 Å². The Balaban J connectivity index is 1.86. The van der Waals surface area contributed by atoms with Crippen LogP contribution in [0.25, 0.3) is 11.0 Å². The molecule has 2 aromatic heterocycles. The molecule has 0 aliphatic carbocycles. The number of H-pyrrole nitrogens is 2. The standard InChI is InChI=1S/C18H18FN5O3/c1-8-7-20-18(26)17-16-15(23-24-17)12(25)6-14(22-16)21-9(2)11-5-10(19)3-4-13(11)27-8/h3-6,8-9H,7H2,1-2H3,(H,20,26)(H,23,24)(H2,21,22,25)/t8-,9+/m0/s1. The van der Waals surface area contributed by atoms with Gasteiger partial charge in [0.25, 0.3) is 5.91 Å². The minimum Gasteiger partial charge on any atom is -0.489 e. The number of amides is 1. The summed E-state index contributed by atoms with van der Waals surface area (Å²) in [6.45, 7) is 3.85. The number of aromatic amines is 2. The van der Waals surface area contributed by atoms with Crippen LogP contribution in [0.3, 0.4) is 0 Å². The minimum atomic E-state index is -0.410. The van der Waals surface area contributed by atoms with Crippen molar-refractivity contribution in [2.24, 2.45) is 0 Å². The molecule has 3 heterocycles. The highest BCUT2D eigenvalue weighted by Crippen LogP contribution is 2.29. The predicted molar refractivity (Wildman–Crippen MR) is 97.6 cm³/mol. The highest BCUT2D eigenvalue weighted by atomic mass is 19.1. The summed E-state index contributed by atoms with van der Waals surface area (Å²) in [6, 6.07) is 5.25. The monoisotopic (exact) mass is 371 g/mol. The zero-order valence-electron chi connectivity index (χ0n) is 14.7. The van der Waals surface area contributed by atoms with Crippen LogP contribution < -0.4 is 20.8 Å². The molecule has 1 amide bonds. The lowest BCUT2D eigenvalue weighted by molar-refractivity contribution is 0.0928. The molecule has 27 heavy (non-hydrogen) atoms. The molecule has 0 spiro atoms. The second-order valence-electron chi connectivity index (χ2n) is 6.56. The zero-order chi connectivity index (χ0) is 19.1. The molecule has 4 rings (SSSR count). The van der Waals surface area contributed by atoms with Crippen molar-refractivity contribution in [1.82, 2.24) is 20.5 Å². The number of carbonyl (C=O) groups is 1. The summed E-state index contributed by atoms with van der Waals surface area (Å²) in [5.41, 5.74) is 0.868. The van der Waals surface area contributed by atoms with Crippen molar-refractivity contribution in [3.63, 3.8) is 0 Å². The second kappa shape index (κ2) is 6.42. The maximum Gasteiger partial charge on any atom is 0.271 e. The average Bonchev–Trinajstić information content (AvgIpc) is 3.05. The first kappa shape index (κ1) is 17.1. The van der Waals surface area contributed by atoms with E-state index in [9.17, 15) is 14.0 Å². The molecule has 0 unspecified atom stereocenters. The van der Waals surface area contributed by atoms with E-state index in [1.54, 1.807) is 13.0 Å². The van der Waals surface area contributed by atoms with Crippen LogP contribution in [-0.4, -0.2) is 33.7 Å². The maximum atomic E-state index is 13.8. The van der Waals surface area contributed by atoms with Gasteiger partial charge in [0.1, 0.15) is 34.7 Å². The summed E-state index contributed by atoms with van der Waals surface area (Å²) in [7, 11) is 0. The van der Waals surface area contributed by atoms with E-state index in [-0.39, 0.29) is 35.3 Å². The lowest BCUT2D eigenvalue weighted by atomic mass is 10.1. The van der Waals surface area contributed by atoms with Crippen LogP contribution in [0.15, 0.2) is 29.1 Å². The van der Waals surface area contributed by atoms with E-state index in [0.29, 0.717) is 22.6 Å². The molecular weight excluding hydrogens is 353 g/mol. The molecule has 0 fully saturated rings. The number of rotatable bonds is 0. The second-order valence-corrected chi connectivity index (χ2v) is 6.56. The highest BCUT2D eigenvalue weighted by molar-refractivity contribution is 6.03. The van der Waals surface area contributed by atoms with Gasteiger partial charge < -0.3 is 20.4 Å². The maximum absolute atomic E-state index is 13.8. The quantitative estimate of drug-likeness (QED) is 0.483. The van der Waals surface area contributed by atoms with E-state index in [1.165, 1.54) is 18.2 Å². The van der Waals surface area contributed by atoms with Crippen LogP contribution in [0.1, 0.15) is 35.9 Å². The Labute approximate surface area is 153 Å². The fraction of sp³-hybridized carbons (Fsp3) is 0.278. The fourth-order valence-electron chi connectivity index (χ4n) is 3.11. The van der Waals surface area contributed by atoms with Gasteiger partial charge in [-0.25, -0.2) is 4.39 Å². The van der Waals surface area contributed by atoms with E-state index in [4.69, 9.17) is 4.74 Å². The van der Waals surface area contributed by atoms with Gasteiger partial charge in [0.15, 0.2) is 5.52 Å². The van der Waals surface area contributed by atoms with Crippen LogP contribution >= 0.6 is 0 Å². The Bertz CT molecular complexity index is 1090. The molecule has 1 aliphatic rings. The van der Waals surface area contributed by atoms with Gasteiger partial charge in [-0.15, -0.1) is 0 Å². The molecule has 0 radical (unpaired) electrons. The molecular formula is C18H18FN5O3. The summed E-state index contributed by atoms with van der Waals surface area (Å²) in [4.78, 5) is 27.8. The number of aromatic nitrogens is 3. The van der Waals surface area contributed by atoms with Gasteiger partial charge in [-0.05, 0) is 32.0 Å². The number of hydrogen-bond donors (Lipinski definition) is 4. The molecule has 1 aliphatic heterocycles. The van der Waals surface area contributed by atoms with Crippen LogP contribution in [0, 0.1) is 5.82 Å². The number of pyridine rings is 1.